The maximum Gasteiger partial charge on any atom is 0.294 e. The van der Waals surface area contributed by atoms with E-state index in [9.17, 15) is 13.5 Å². The van der Waals surface area contributed by atoms with Crippen LogP contribution in [0.15, 0.2) is 38.2 Å². The van der Waals surface area contributed by atoms with Gasteiger partial charge in [-0.2, -0.15) is 18.6 Å². The molecule has 5 N–H and O–H groups in total. The zero-order chi connectivity index (χ0) is 17.2. The first kappa shape index (κ1) is 17.4. The monoisotopic (exact) mass is 361 g/mol. The number of nitrogens with zero attached hydrogens (tertiary/aromatic N) is 2. The smallest absolute Gasteiger partial charge is 0.294 e. The molecule has 124 valence electrons. The summed E-state index contributed by atoms with van der Waals surface area (Å²) >= 11 is 0.496. The van der Waals surface area contributed by atoms with Crippen LogP contribution in [-0.2, 0) is 19.5 Å². The van der Waals surface area contributed by atoms with Crippen molar-refractivity contribution in [3.63, 3.8) is 0 Å². The SMILES string of the molecule is CN=Nc1c(SOOO)cc2cc(S(=O)(=O)O)cc(N)c2c1O. The molecule has 0 saturated carbocycles. The lowest BCUT2D eigenvalue weighted by atomic mass is 10.1. The molecule has 0 saturated heterocycles. The summed E-state index contributed by atoms with van der Waals surface area (Å²) in [5.41, 5.74) is 5.65. The van der Waals surface area contributed by atoms with E-state index in [0.717, 1.165) is 12.1 Å². The fraction of sp³-hybridized carbons (Fsp3) is 0.0909. The molecule has 0 amide bonds. The van der Waals surface area contributed by atoms with Crippen molar-refractivity contribution in [3.05, 3.63) is 18.2 Å². The Labute approximate surface area is 134 Å². The highest BCUT2D eigenvalue weighted by molar-refractivity contribution is 7.94. The molecule has 0 aromatic heterocycles. The van der Waals surface area contributed by atoms with Gasteiger partial charge in [-0.25, -0.2) is 5.26 Å². The Morgan fingerprint density at radius 1 is 1.30 bits per heavy atom. The number of benzene rings is 2. The van der Waals surface area contributed by atoms with Crippen LogP contribution in [0, 0.1) is 0 Å². The lowest BCUT2D eigenvalue weighted by Crippen LogP contribution is -2.00. The molecule has 0 bridgehead atoms. The van der Waals surface area contributed by atoms with Crippen molar-refractivity contribution < 1.29 is 32.7 Å². The van der Waals surface area contributed by atoms with Gasteiger partial charge in [0.05, 0.1) is 21.8 Å². The van der Waals surface area contributed by atoms with Crippen molar-refractivity contribution in [2.75, 3.05) is 12.8 Å². The van der Waals surface area contributed by atoms with Crippen LogP contribution in [0.2, 0.25) is 0 Å². The third-order valence-electron chi connectivity index (χ3n) is 2.81. The van der Waals surface area contributed by atoms with Gasteiger partial charge in [-0.1, -0.05) is 5.04 Å². The third-order valence-corrected chi connectivity index (χ3v) is 4.26. The molecule has 0 radical (unpaired) electrons. The van der Waals surface area contributed by atoms with Crippen LogP contribution < -0.4 is 5.73 Å². The van der Waals surface area contributed by atoms with Gasteiger partial charge in [0.15, 0.2) is 5.75 Å². The highest BCUT2D eigenvalue weighted by Gasteiger charge is 2.20. The van der Waals surface area contributed by atoms with Gasteiger partial charge in [0.2, 0.25) is 0 Å². The molecule has 23 heavy (non-hydrogen) atoms. The Morgan fingerprint density at radius 2 is 2.00 bits per heavy atom. The predicted octanol–water partition coefficient (Wildman–Crippen LogP) is 2.52. The molecular weight excluding hydrogens is 350 g/mol. The largest absolute Gasteiger partial charge is 0.505 e. The van der Waals surface area contributed by atoms with E-state index < -0.39 is 15.0 Å². The predicted molar refractivity (Wildman–Crippen MR) is 80.9 cm³/mol. The standard InChI is InChI=1S/C11H11N3O7S2/c1-13-14-10-8(22-21-20-16)3-5-2-6(23(17,18)19)4-7(12)9(5)11(10)15/h2-4,15-16H,12H2,1H3,(H,17,18,19). The quantitative estimate of drug-likeness (QED) is 0.156. The second-order valence-corrected chi connectivity index (χ2v) is 6.35. The van der Waals surface area contributed by atoms with E-state index in [0.29, 0.717) is 12.0 Å². The van der Waals surface area contributed by atoms with Crippen molar-refractivity contribution in [1.82, 2.24) is 0 Å². The molecule has 2 rings (SSSR count). The highest BCUT2D eigenvalue weighted by atomic mass is 32.2. The van der Waals surface area contributed by atoms with Crippen LogP contribution in [0.3, 0.4) is 0 Å². The summed E-state index contributed by atoms with van der Waals surface area (Å²) in [6.45, 7) is 0. The molecule has 0 aliphatic rings. The summed E-state index contributed by atoms with van der Waals surface area (Å²) < 4.78 is 36.0. The van der Waals surface area contributed by atoms with Gasteiger partial charge in [0, 0.05) is 18.1 Å². The van der Waals surface area contributed by atoms with Crippen molar-refractivity contribution in [2.45, 2.75) is 9.79 Å². The summed E-state index contributed by atoms with van der Waals surface area (Å²) in [5, 5.41) is 29.6. The van der Waals surface area contributed by atoms with Crippen LogP contribution in [-0.4, -0.2) is 30.4 Å². The van der Waals surface area contributed by atoms with E-state index in [4.69, 9.17) is 15.5 Å². The minimum Gasteiger partial charge on any atom is -0.505 e. The number of nitrogens with two attached hydrogens (primary N) is 1. The van der Waals surface area contributed by atoms with E-state index in [2.05, 4.69) is 19.6 Å². The number of phenolic OH excluding ortho intramolecular Hbond substituents is 1. The first-order valence-electron chi connectivity index (χ1n) is 5.81. The van der Waals surface area contributed by atoms with Gasteiger partial charge < -0.3 is 10.8 Å². The maximum absolute atomic E-state index is 11.3. The maximum atomic E-state index is 11.3. The summed E-state index contributed by atoms with van der Waals surface area (Å²) in [6, 6.07) is 3.48. The summed E-state index contributed by atoms with van der Waals surface area (Å²) in [5.74, 6) is -0.378. The van der Waals surface area contributed by atoms with Crippen molar-refractivity contribution >= 4 is 44.3 Å². The van der Waals surface area contributed by atoms with Crippen molar-refractivity contribution in [3.8, 4) is 5.75 Å². The fourth-order valence-corrected chi connectivity index (χ4v) is 3.00. The molecular formula is C11H11N3O7S2. The van der Waals surface area contributed by atoms with Crippen LogP contribution in [0.5, 0.6) is 5.75 Å². The molecule has 0 spiro atoms. The second kappa shape index (κ2) is 6.66. The second-order valence-electron chi connectivity index (χ2n) is 4.18. The molecule has 0 aliphatic carbocycles. The van der Waals surface area contributed by atoms with E-state index in [1.807, 2.05) is 0 Å². The summed E-state index contributed by atoms with van der Waals surface area (Å²) in [6.07, 6.45) is 0. The van der Waals surface area contributed by atoms with Crippen molar-refractivity contribution in [2.24, 2.45) is 10.2 Å². The number of nitrogen functional groups attached to an aromatic ring is 1. The Hall–Kier alpha value is -1.96. The number of rotatable bonds is 5. The van der Waals surface area contributed by atoms with Crippen LogP contribution in [0.25, 0.3) is 10.8 Å². The lowest BCUT2D eigenvalue weighted by molar-refractivity contribution is -0.432. The fourth-order valence-electron chi connectivity index (χ4n) is 1.95. The Kier molecular flexibility index (Phi) is 5.03. The Balaban J connectivity index is 2.82. The minimum atomic E-state index is -4.49. The van der Waals surface area contributed by atoms with Gasteiger partial charge in [0.25, 0.3) is 10.1 Å². The van der Waals surface area contributed by atoms with Gasteiger partial charge in [-0.15, -0.1) is 4.33 Å². The average Bonchev–Trinajstić information content (AvgIpc) is 2.46. The van der Waals surface area contributed by atoms with E-state index in [1.54, 1.807) is 0 Å². The summed E-state index contributed by atoms with van der Waals surface area (Å²) in [4.78, 5) is -0.288. The zero-order valence-corrected chi connectivity index (χ0v) is 13.1. The molecule has 12 heteroatoms. The number of hydrogen-bond acceptors (Lipinski definition) is 10. The minimum absolute atomic E-state index is 0.0200. The number of hydrogen-bond donors (Lipinski definition) is 4. The van der Waals surface area contributed by atoms with Gasteiger partial charge in [0.1, 0.15) is 5.69 Å². The van der Waals surface area contributed by atoms with Gasteiger partial charge >= 0.3 is 0 Å². The average molecular weight is 361 g/mol. The molecule has 0 fully saturated rings. The zero-order valence-electron chi connectivity index (χ0n) is 11.5. The van der Waals surface area contributed by atoms with Crippen LogP contribution >= 0.6 is 12.0 Å². The topological polar surface area (TPSA) is 164 Å². The van der Waals surface area contributed by atoms with Crippen LogP contribution in [0.1, 0.15) is 0 Å². The van der Waals surface area contributed by atoms with Crippen molar-refractivity contribution in [1.29, 1.82) is 0 Å². The highest BCUT2D eigenvalue weighted by Crippen LogP contribution is 2.45. The van der Waals surface area contributed by atoms with Crippen LogP contribution in [0.4, 0.5) is 11.4 Å². The first-order valence-corrected chi connectivity index (χ1v) is 7.99. The number of phenols is 1. The molecule has 2 aromatic rings. The summed E-state index contributed by atoms with van der Waals surface area (Å²) in [7, 11) is -3.12. The van der Waals surface area contributed by atoms with E-state index in [-0.39, 0.29) is 32.8 Å². The lowest BCUT2D eigenvalue weighted by Gasteiger charge is -2.11. The normalized spacial score (nSPS) is 12.3. The molecule has 0 atom stereocenters. The van der Waals surface area contributed by atoms with Gasteiger partial charge in [-0.05, 0) is 23.6 Å². The number of aromatic hydroxyl groups is 1. The number of fused-ring (bicyclic) bond motifs is 1. The molecule has 0 heterocycles. The number of anilines is 1. The first-order chi connectivity index (χ1) is 10.8. The van der Waals surface area contributed by atoms with E-state index in [1.165, 1.54) is 13.1 Å². The molecule has 2 aromatic carbocycles. The number of azo groups is 1. The van der Waals surface area contributed by atoms with Gasteiger partial charge in [-0.3, -0.25) is 4.55 Å². The molecule has 10 nitrogen and oxygen atoms in total. The third kappa shape index (κ3) is 3.52. The Morgan fingerprint density at radius 3 is 2.57 bits per heavy atom. The van der Waals surface area contributed by atoms with E-state index >= 15 is 0 Å². The molecule has 0 aliphatic heterocycles. The molecule has 0 unspecified atom stereocenters. The Bertz CT molecular complexity index is 883.